The minimum Gasteiger partial charge on any atom is -0.359 e. The van der Waals surface area contributed by atoms with Crippen LogP contribution in [-0.2, 0) is 0 Å². The van der Waals surface area contributed by atoms with Gasteiger partial charge in [-0.05, 0) is 33.2 Å². The third-order valence-corrected chi connectivity index (χ3v) is 4.18. The van der Waals surface area contributed by atoms with Crippen molar-refractivity contribution >= 4 is 5.78 Å². The van der Waals surface area contributed by atoms with E-state index in [1.165, 1.54) is 0 Å². The van der Waals surface area contributed by atoms with Gasteiger partial charge in [0.1, 0.15) is 0 Å². The second-order valence-corrected chi connectivity index (χ2v) is 5.78. The smallest absolute Gasteiger partial charge is 0.265 e. The largest absolute Gasteiger partial charge is 0.359 e. The molecule has 0 aliphatic heterocycles. The van der Waals surface area contributed by atoms with Crippen LogP contribution < -0.4 is 4.90 Å². The molecule has 26 heavy (non-hydrogen) atoms. The number of carbonyl (C=O) groups is 1. The predicted octanol–water partition coefficient (Wildman–Crippen LogP) is 3.87. The van der Waals surface area contributed by atoms with Crippen LogP contribution in [0.4, 0.5) is 0 Å². The van der Waals surface area contributed by atoms with Gasteiger partial charge in [-0.2, -0.15) is 0 Å². The molecule has 0 amide bonds. The molecule has 0 spiro atoms. The van der Waals surface area contributed by atoms with Crippen LogP contribution in [0.25, 0.3) is 22.3 Å². The van der Waals surface area contributed by atoms with E-state index in [-0.39, 0.29) is 10.6 Å². The zero-order chi connectivity index (χ0) is 17.9. The average molecular weight is 342 g/mol. The minimum atomic E-state index is -0.432. The van der Waals surface area contributed by atoms with E-state index >= 15 is 0 Å². The first kappa shape index (κ1) is 15.8. The monoisotopic (exact) mass is 342 g/mol. The summed E-state index contributed by atoms with van der Waals surface area (Å²) in [4.78, 5) is 12.8. The van der Waals surface area contributed by atoms with E-state index in [9.17, 15) is 10.0 Å². The van der Waals surface area contributed by atoms with Crippen LogP contribution >= 0.6 is 0 Å². The summed E-state index contributed by atoms with van der Waals surface area (Å²) in [6.45, 7) is 0. The topological polar surface area (TPSA) is 70.0 Å². The lowest BCUT2D eigenvalue weighted by Crippen LogP contribution is -2.31. The van der Waals surface area contributed by atoms with Crippen molar-refractivity contribution in [2.45, 2.75) is 0 Å². The quantitative estimate of drug-likeness (QED) is 0.417. The molecule has 0 atom stereocenters. The van der Waals surface area contributed by atoms with Gasteiger partial charge in [-0.3, -0.25) is 9.42 Å². The van der Waals surface area contributed by atoms with Crippen molar-refractivity contribution < 1.29 is 14.3 Å². The van der Waals surface area contributed by atoms with E-state index in [4.69, 9.17) is 0 Å². The Labute approximate surface area is 149 Å². The number of hydrogen-bond acceptors (Lipinski definition) is 4. The zero-order valence-corrected chi connectivity index (χ0v) is 13.7. The number of ketones is 1. The number of hydrogen-bond donors (Lipinski definition) is 0. The summed E-state index contributed by atoms with van der Waals surface area (Å²) in [5.41, 5.74) is 4.22. The zero-order valence-electron chi connectivity index (χ0n) is 13.7. The fraction of sp³-hybridized carbons (Fsp3) is 0. The summed E-state index contributed by atoms with van der Waals surface area (Å²) in [5.74, 6) is -0.432. The highest BCUT2D eigenvalue weighted by Gasteiger charge is 2.21. The molecule has 1 heterocycles. The second-order valence-electron chi connectivity index (χ2n) is 5.78. The van der Waals surface area contributed by atoms with Crippen LogP contribution in [-0.4, -0.2) is 10.9 Å². The molecular weight excluding hydrogens is 328 g/mol. The van der Waals surface area contributed by atoms with E-state index in [0.717, 1.165) is 28.5 Å². The molecule has 3 aromatic carbocycles. The fourth-order valence-electron chi connectivity index (χ4n) is 2.91. The maximum atomic E-state index is 12.6. The first-order valence-corrected chi connectivity index (χ1v) is 8.08. The van der Waals surface area contributed by atoms with E-state index in [1.54, 1.807) is 12.1 Å². The fourth-order valence-corrected chi connectivity index (χ4v) is 2.91. The second kappa shape index (κ2) is 6.64. The highest BCUT2D eigenvalue weighted by Crippen LogP contribution is 2.33. The molecule has 1 aromatic heterocycles. The lowest BCUT2D eigenvalue weighted by Gasteiger charge is -2.12. The standard InChI is InChI=1S/C21H14N2O3/c24-21(20-14-22-26-23(20)25)17-11-12-18(15-7-3-1-4-8-15)19(13-17)16-9-5-2-6-10-16/h1-14H. The molecule has 0 saturated carbocycles. The first-order valence-electron chi connectivity index (χ1n) is 8.08. The molecule has 0 radical (unpaired) electrons. The van der Waals surface area contributed by atoms with Crippen molar-refractivity contribution in [3.8, 4) is 22.3 Å². The van der Waals surface area contributed by atoms with Gasteiger partial charge in [0, 0.05) is 10.7 Å². The number of carbonyl (C=O) groups excluding carboxylic acids is 1. The van der Waals surface area contributed by atoms with Crippen molar-refractivity contribution in [2.75, 3.05) is 0 Å². The summed E-state index contributed by atoms with van der Waals surface area (Å²) in [5, 5.41) is 14.9. The van der Waals surface area contributed by atoms with Crippen molar-refractivity contribution in [3.05, 3.63) is 102 Å². The predicted molar refractivity (Wildman–Crippen MR) is 96.2 cm³/mol. The van der Waals surface area contributed by atoms with Gasteiger partial charge in [0.2, 0.25) is 12.0 Å². The maximum absolute atomic E-state index is 12.6. The average Bonchev–Trinajstić information content (AvgIpc) is 3.14. The molecule has 0 N–H and O–H groups in total. The van der Waals surface area contributed by atoms with Gasteiger partial charge in [0.15, 0.2) is 0 Å². The van der Waals surface area contributed by atoms with Gasteiger partial charge in [0.05, 0.1) is 0 Å². The molecule has 0 aliphatic rings. The summed E-state index contributed by atoms with van der Waals surface area (Å²) >= 11 is 0. The molecule has 0 unspecified atom stereocenters. The van der Waals surface area contributed by atoms with Crippen LogP contribution in [0.5, 0.6) is 0 Å². The minimum absolute atomic E-state index is 0.121. The molecule has 5 heteroatoms. The number of rotatable bonds is 4. The molecule has 0 bridgehead atoms. The Morgan fingerprint density at radius 3 is 2.04 bits per heavy atom. The normalized spacial score (nSPS) is 10.6. The Hall–Kier alpha value is -3.73. The van der Waals surface area contributed by atoms with Crippen LogP contribution in [0.15, 0.2) is 89.7 Å². The summed E-state index contributed by atoms with van der Waals surface area (Å²) in [7, 11) is 0. The van der Waals surface area contributed by atoms with Crippen LogP contribution in [0.3, 0.4) is 0 Å². The number of nitrogens with zero attached hydrogens (tertiary/aromatic N) is 2. The number of benzene rings is 3. The third-order valence-electron chi connectivity index (χ3n) is 4.18. The highest BCUT2D eigenvalue weighted by atomic mass is 16.8. The third kappa shape index (κ3) is 2.86. The van der Waals surface area contributed by atoms with Crippen molar-refractivity contribution in [1.82, 2.24) is 5.16 Å². The van der Waals surface area contributed by atoms with E-state index in [1.807, 2.05) is 66.7 Å². The Morgan fingerprint density at radius 2 is 1.46 bits per heavy atom. The Morgan fingerprint density at radius 1 is 0.846 bits per heavy atom. The van der Waals surface area contributed by atoms with Crippen molar-refractivity contribution in [2.24, 2.45) is 0 Å². The number of aromatic nitrogens is 2. The van der Waals surface area contributed by atoms with E-state index < -0.39 is 5.78 Å². The van der Waals surface area contributed by atoms with Gasteiger partial charge in [-0.1, -0.05) is 72.8 Å². The molecule has 5 nitrogen and oxygen atoms in total. The molecule has 0 fully saturated rings. The Balaban J connectivity index is 1.87. The van der Waals surface area contributed by atoms with E-state index in [2.05, 4.69) is 9.79 Å². The molecule has 0 aliphatic carbocycles. The Kier molecular flexibility index (Phi) is 4.03. The van der Waals surface area contributed by atoms with Crippen LogP contribution in [0, 0.1) is 5.21 Å². The van der Waals surface area contributed by atoms with Gasteiger partial charge >= 0.3 is 0 Å². The molecule has 126 valence electrons. The molecule has 0 saturated heterocycles. The van der Waals surface area contributed by atoms with E-state index in [0.29, 0.717) is 5.56 Å². The van der Waals surface area contributed by atoms with Crippen molar-refractivity contribution in [1.29, 1.82) is 0 Å². The molecule has 4 rings (SSSR count). The summed E-state index contributed by atoms with van der Waals surface area (Å²) < 4.78 is 4.41. The molecule has 4 aromatic rings. The maximum Gasteiger partial charge on any atom is 0.265 e. The van der Waals surface area contributed by atoms with Gasteiger partial charge < -0.3 is 5.21 Å². The summed E-state index contributed by atoms with van der Waals surface area (Å²) in [6, 6.07) is 25.2. The van der Waals surface area contributed by atoms with Gasteiger partial charge in [-0.15, -0.1) is 0 Å². The summed E-state index contributed by atoms with van der Waals surface area (Å²) in [6.07, 6.45) is 1.13. The first-order chi connectivity index (χ1) is 12.7. The highest BCUT2D eigenvalue weighted by molar-refractivity contribution is 6.08. The Bertz CT molecular complexity index is 1060. The lowest BCUT2D eigenvalue weighted by molar-refractivity contribution is -0.803. The van der Waals surface area contributed by atoms with Crippen LogP contribution in [0.1, 0.15) is 16.1 Å². The molecular formula is C21H14N2O3. The SMILES string of the molecule is O=C(c1ccc(-c2ccccc2)c(-c2ccccc2)c1)c1cno[n+]1[O-]. The van der Waals surface area contributed by atoms with Crippen molar-refractivity contribution in [3.63, 3.8) is 0 Å². The van der Waals surface area contributed by atoms with Crippen LogP contribution in [0.2, 0.25) is 0 Å². The van der Waals surface area contributed by atoms with Gasteiger partial charge in [0.25, 0.3) is 5.69 Å². The van der Waals surface area contributed by atoms with Gasteiger partial charge in [-0.25, -0.2) is 0 Å². The lowest BCUT2D eigenvalue weighted by atomic mass is 9.91.